The van der Waals surface area contributed by atoms with Crippen molar-refractivity contribution in [2.24, 2.45) is 0 Å². The molecule has 39 heavy (non-hydrogen) atoms. The van der Waals surface area contributed by atoms with Gasteiger partial charge in [0.25, 0.3) is 0 Å². The molecule has 1 fully saturated rings. The van der Waals surface area contributed by atoms with Gasteiger partial charge in [0.2, 0.25) is 0 Å². The summed E-state index contributed by atoms with van der Waals surface area (Å²) in [6.45, 7) is 5.31. The van der Waals surface area contributed by atoms with Crippen LogP contribution in [0.1, 0.15) is 75.0 Å². The van der Waals surface area contributed by atoms with Gasteiger partial charge in [0, 0.05) is 17.2 Å². The van der Waals surface area contributed by atoms with Gasteiger partial charge in [0.1, 0.15) is 5.69 Å². The predicted molar refractivity (Wildman–Crippen MR) is 161 cm³/mol. The molecule has 5 heteroatoms. The first kappa shape index (κ1) is 28.6. The number of quaternary nitrogens is 1. The predicted octanol–water partition coefficient (Wildman–Crippen LogP) is 7.60. The van der Waals surface area contributed by atoms with Crippen LogP contribution in [0.25, 0.3) is 22.8 Å². The lowest BCUT2D eigenvalue weighted by atomic mass is 9.83. The normalized spacial score (nSPS) is 14.3. The summed E-state index contributed by atoms with van der Waals surface area (Å²) in [6.07, 6.45) is 9.92. The van der Waals surface area contributed by atoms with Gasteiger partial charge in [-0.2, -0.15) is 0 Å². The lowest BCUT2D eigenvalue weighted by molar-refractivity contribution is -0.571. The molecule has 0 amide bonds. The van der Waals surface area contributed by atoms with Crippen LogP contribution in [0, 0.1) is 0 Å². The van der Waals surface area contributed by atoms with E-state index in [4.69, 9.17) is 18.9 Å². The van der Waals surface area contributed by atoms with E-state index >= 15 is 0 Å². The molecule has 0 atom stereocenters. The monoisotopic (exact) mass is 530 g/mol. The number of ether oxygens (including phenoxy) is 4. The third kappa shape index (κ3) is 6.59. The average molecular weight is 531 g/mol. The molecular weight excluding hydrogens is 486 g/mol. The highest BCUT2D eigenvalue weighted by atomic mass is 16.5. The Kier molecular flexibility index (Phi) is 9.94. The summed E-state index contributed by atoms with van der Waals surface area (Å²) in [7, 11) is 6.76. The minimum absolute atomic E-state index is 0.681. The van der Waals surface area contributed by atoms with Crippen molar-refractivity contribution >= 4 is 17.3 Å². The van der Waals surface area contributed by atoms with Crippen molar-refractivity contribution in [3.8, 4) is 34.1 Å². The Labute approximate surface area is 234 Å². The van der Waals surface area contributed by atoms with Crippen LogP contribution >= 0.6 is 0 Å². The largest absolute Gasteiger partial charge is 0.493 e. The number of hydrogen-bond acceptors (Lipinski definition) is 4. The standard InChI is InChI=1S/C34H43NO4/c1-7-17-35-30-22-32(37-4)31(36-3)21-28(30)18-23(2)27-19-29(34(39-6)33(20-27)38-5)26-15-13-25(14-16-26)24-11-9-8-10-12-24/h13-16,18-22,24,35H,7-12,17H2,1-6H3/p+1/b23-18+. The van der Waals surface area contributed by atoms with Gasteiger partial charge >= 0.3 is 0 Å². The van der Waals surface area contributed by atoms with Crippen molar-refractivity contribution in [3.63, 3.8) is 0 Å². The van der Waals surface area contributed by atoms with Crippen LogP contribution in [-0.2, 0) is 0 Å². The third-order valence-electron chi connectivity index (χ3n) is 7.85. The first-order valence-electron chi connectivity index (χ1n) is 14.2. The Bertz CT molecular complexity index is 1270. The second kappa shape index (κ2) is 13.6. The Morgan fingerprint density at radius 1 is 0.821 bits per heavy atom. The highest BCUT2D eigenvalue weighted by Gasteiger charge is 2.19. The van der Waals surface area contributed by atoms with E-state index in [0.29, 0.717) is 5.92 Å². The Morgan fingerprint density at radius 3 is 2.10 bits per heavy atom. The molecule has 0 aromatic heterocycles. The molecule has 3 aromatic rings. The van der Waals surface area contributed by atoms with Crippen molar-refractivity contribution in [2.75, 3.05) is 35.0 Å². The number of hydrogen-bond donors (Lipinski definition) is 1. The van der Waals surface area contributed by atoms with Gasteiger partial charge in [-0.15, -0.1) is 0 Å². The molecule has 1 aliphatic carbocycles. The van der Waals surface area contributed by atoms with E-state index in [1.807, 2.05) is 0 Å². The number of benzene rings is 3. The second-order valence-electron chi connectivity index (χ2n) is 10.4. The number of rotatable bonds is 11. The van der Waals surface area contributed by atoms with Gasteiger partial charge < -0.3 is 24.3 Å². The molecule has 2 N–H and O–H groups in total. The molecule has 0 spiro atoms. The van der Waals surface area contributed by atoms with Crippen LogP contribution in [-0.4, -0.2) is 35.0 Å². The molecule has 1 saturated carbocycles. The van der Waals surface area contributed by atoms with Crippen molar-refractivity contribution in [3.05, 3.63) is 65.2 Å². The van der Waals surface area contributed by atoms with Crippen molar-refractivity contribution in [2.45, 2.75) is 58.3 Å². The van der Waals surface area contributed by atoms with Crippen LogP contribution in [0.3, 0.4) is 0 Å². The molecule has 4 rings (SSSR count). The molecule has 0 radical (unpaired) electrons. The highest BCUT2D eigenvalue weighted by Crippen LogP contribution is 2.42. The Morgan fingerprint density at radius 2 is 1.49 bits per heavy atom. The van der Waals surface area contributed by atoms with Crippen LogP contribution in [0.5, 0.6) is 23.0 Å². The van der Waals surface area contributed by atoms with E-state index in [1.54, 1.807) is 28.4 Å². The summed E-state index contributed by atoms with van der Waals surface area (Å²) < 4.78 is 22.9. The fourth-order valence-corrected chi connectivity index (χ4v) is 5.61. The van der Waals surface area contributed by atoms with Gasteiger partial charge in [-0.3, -0.25) is 0 Å². The summed E-state index contributed by atoms with van der Waals surface area (Å²) >= 11 is 0. The summed E-state index contributed by atoms with van der Waals surface area (Å²) in [6, 6.07) is 17.4. The van der Waals surface area contributed by atoms with Crippen molar-refractivity contribution in [1.29, 1.82) is 0 Å². The third-order valence-corrected chi connectivity index (χ3v) is 7.85. The molecule has 208 valence electrons. The molecule has 0 bridgehead atoms. The number of methoxy groups -OCH3 is 4. The highest BCUT2D eigenvalue weighted by molar-refractivity contribution is 5.87. The van der Waals surface area contributed by atoms with E-state index in [1.165, 1.54) is 37.7 Å². The second-order valence-corrected chi connectivity index (χ2v) is 10.4. The van der Waals surface area contributed by atoms with Crippen LogP contribution < -0.4 is 24.3 Å². The van der Waals surface area contributed by atoms with Gasteiger partial charge in [-0.1, -0.05) is 50.5 Å². The molecule has 3 aromatic carbocycles. The zero-order valence-corrected chi connectivity index (χ0v) is 24.4. The average Bonchev–Trinajstić information content (AvgIpc) is 2.99. The molecule has 0 aliphatic heterocycles. The molecule has 0 heterocycles. The van der Waals surface area contributed by atoms with Gasteiger partial charge in [0.15, 0.2) is 23.0 Å². The van der Waals surface area contributed by atoms with E-state index in [0.717, 1.165) is 69.5 Å². The topological polar surface area (TPSA) is 53.5 Å². The zero-order chi connectivity index (χ0) is 27.8. The lowest BCUT2D eigenvalue weighted by Gasteiger charge is -2.22. The number of allylic oxidation sites excluding steroid dienone is 1. The molecule has 0 unspecified atom stereocenters. The summed E-state index contributed by atoms with van der Waals surface area (Å²) in [5.41, 5.74) is 8.02. The maximum atomic E-state index is 5.86. The maximum Gasteiger partial charge on any atom is 0.168 e. The Hall–Kier alpha value is -3.44. The quantitative estimate of drug-likeness (QED) is 0.205. The number of nitrogens with two attached hydrogens (primary N) is 1. The zero-order valence-electron chi connectivity index (χ0n) is 24.4. The Balaban J connectivity index is 1.75. The van der Waals surface area contributed by atoms with Gasteiger partial charge in [0.05, 0.1) is 35.0 Å². The van der Waals surface area contributed by atoms with Gasteiger partial charge in [-0.25, -0.2) is 0 Å². The first-order chi connectivity index (χ1) is 19.0. The summed E-state index contributed by atoms with van der Waals surface area (Å²) in [4.78, 5) is 0. The SMILES string of the molecule is CCC[NH2+]c1cc(OC)c(OC)cc1/C=C(\C)c1cc(OC)c(OC)c(-c2ccc(C3CCCCC3)cc2)c1. The maximum absolute atomic E-state index is 5.86. The fraction of sp³-hybridized carbons (Fsp3) is 0.412. The summed E-state index contributed by atoms with van der Waals surface area (Å²) in [5.74, 6) is 3.61. The van der Waals surface area contributed by atoms with E-state index in [-0.39, 0.29) is 0 Å². The minimum Gasteiger partial charge on any atom is -0.493 e. The smallest absolute Gasteiger partial charge is 0.168 e. The molecule has 5 nitrogen and oxygen atoms in total. The van der Waals surface area contributed by atoms with E-state index in [2.05, 4.69) is 73.8 Å². The van der Waals surface area contributed by atoms with E-state index in [9.17, 15) is 0 Å². The minimum atomic E-state index is 0.681. The molecule has 1 aliphatic rings. The molecule has 0 saturated heterocycles. The van der Waals surface area contributed by atoms with Crippen LogP contribution in [0.2, 0.25) is 0 Å². The molecular formula is C34H44NO4+. The first-order valence-corrected chi connectivity index (χ1v) is 14.2. The van der Waals surface area contributed by atoms with E-state index < -0.39 is 0 Å². The van der Waals surface area contributed by atoms with Crippen LogP contribution in [0.15, 0.2) is 48.5 Å². The van der Waals surface area contributed by atoms with Crippen molar-refractivity contribution < 1.29 is 24.3 Å². The summed E-state index contributed by atoms with van der Waals surface area (Å²) in [5, 5.41) is 2.26. The van der Waals surface area contributed by atoms with Crippen molar-refractivity contribution in [1.82, 2.24) is 0 Å². The van der Waals surface area contributed by atoms with Gasteiger partial charge in [-0.05, 0) is 78.6 Å². The lowest BCUT2D eigenvalue weighted by Crippen LogP contribution is -2.78. The fourth-order valence-electron chi connectivity index (χ4n) is 5.61. The van der Waals surface area contributed by atoms with Crippen LogP contribution in [0.4, 0.5) is 5.69 Å².